The molecule has 0 spiro atoms. The van der Waals surface area contributed by atoms with Gasteiger partial charge in [-0.25, -0.2) is 51.0 Å². The maximum absolute atomic E-state index is 15.9. The Bertz CT molecular complexity index is 3850. The summed E-state index contributed by atoms with van der Waals surface area (Å²) in [5, 5.41) is 24.7. The van der Waals surface area contributed by atoms with Gasteiger partial charge in [0.1, 0.15) is 51.8 Å². The topological polar surface area (TPSA) is 210 Å². The molecule has 0 unspecified atom stereocenters. The standard InChI is InChI=1S/C32H36F2N6O4.C27H28F2N6O2.2CH4/c1-17(2)25-27(18(3)11-12-35-25)40-29-20(15-22(34)26(36-29)24-21(33)9-8-10-23(24)41)28(37-30(40)42)39-14-13-38(16-19(39)4)31(43)44-32(5,6)7;1-14(2)22-24(15(3)8-9-31-22)35-26-17(25(33-27(35)37)34-11-10-30-13-16(34)4)12-19(29)23(32-26)21-18(28)6-5-7-20(21)36;;/h8-12,15,17,19,41H,13-14,16H2,1-7H3;5-9,12,14,16,30,36H,10-11,13H2,1-4H3;2*1H4/t19-;16-;;/m00../s1. The van der Waals surface area contributed by atoms with Crippen LogP contribution in [0.3, 0.4) is 0 Å². The molecule has 0 saturated carbocycles. The van der Waals surface area contributed by atoms with E-state index in [1.54, 1.807) is 50.2 Å². The number of halogens is 4. The molecule has 6 aromatic heterocycles. The molecule has 10 rings (SSSR count). The molecule has 1 amide bonds. The first-order chi connectivity index (χ1) is 38.4. The van der Waals surface area contributed by atoms with E-state index < -0.39 is 74.8 Å². The highest BCUT2D eigenvalue weighted by molar-refractivity contribution is 5.92. The molecule has 2 saturated heterocycles. The van der Waals surface area contributed by atoms with Gasteiger partial charge in [-0.3, -0.25) is 9.97 Å². The second kappa shape index (κ2) is 24.5. The number of aromatic hydroxyl groups is 2. The molecule has 83 heavy (non-hydrogen) atoms. The summed E-state index contributed by atoms with van der Waals surface area (Å²) in [5.41, 5.74) is 0.216. The predicted octanol–water partition coefficient (Wildman–Crippen LogP) is 11.0. The van der Waals surface area contributed by atoms with Crippen LogP contribution >= 0.6 is 0 Å². The number of carbonyl (C=O) groups is 1. The number of carbonyl (C=O) groups excluding carboxylic acids is 1. The minimum Gasteiger partial charge on any atom is -0.507 e. The van der Waals surface area contributed by atoms with E-state index >= 15 is 8.78 Å². The van der Waals surface area contributed by atoms with Crippen molar-refractivity contribution in [3.63, 3.8) is 0 Å². The van der Waals surface area contributed by atoms with Crippen LogP contribution in [0.2, 0.25) is 0 Å². The number of amides is 1. The van der Waals surface area contributed by atoms with Gasteiger partial charge in [-0.2, -0.15) is 9.97 Å². The number of fused-ring (bicyclic) bond motifs is 2. The van der Waals surface area contributed by atoms with Crippen molar-refractivity contribution in [1.82, 2.24) is 49.3 Å². The van der Waals surface area contributed by atoms with E-state index in [9.17, 15) is 33.4 Å². The number of aromatic nitrogens is 8. The summed E-state index contributed by atoms with van der Waals surface area (Å²) in [7, 11) is 0. The smallest absolute Gasteiger partial charge is 0.410 e. The lowest BCUT2D eigenvalue weighted by Crippen LogP contribution is -2.55. The van der Waals surface area contributed by atoms with Crippen LogP contribution in [0.4, 0.5) is 34.0 Å². The molecule has 18 nitrogen and oxygen atoms in total. The van der Waals surface area contributed by atoms with Crippen molar-refractivity contribution >= 4 is 39.8 Å². The van der Waals surface area contributed by atoms with Gasteiger partial charge in [-0.15, -0.1) is 0 Å². The number of phenolic OH excluding ortho intramolecular Hbond substituents is 2. The van der Waals surface area contributed by atoms with Crippen molar-refractivity contribution < 1.29 is 37.3 Å². The molecule has 8 aromatic rings. The van der Waals surface area contributed by atoms with E-state index in [0.717, 1.165) is 23.8 Å². The van der Waals surface area contributed by atoms with Gasteiger partial charge < -0.3 is 35.0 Å². The normalized spacial score (nSPS) is 15.5. The fourth-order valence-electron chi connectivity index (χ4n) is 10.4. The van der Waals surface area contributed by atoms with Gasteiger partial charge in [-0.1, -0.05) is 54.7 Å². The first-order valence-electron chi connectivity index (χ1n) is 26.7. The van der Waals surface area contributed by atoms with Crippen LogP contribution in [0.5, 0.6) is 11.5 Å². The number of piperazine rings is 2. The SMILES string of the molecule is C.C.Cc1ccnc(C(C)C)c1-n1c(=O)nc(N2CCN(C(=O)OC(C)(C)C)C[C@@H]2C)c2cc(F)c(-c3c(O)cccc3F)nc21.Cc1ccnc(C(C)C)c1-n1c(=O)nc(N2CCNC[C@@H]2C)c2cc(F)c(-c3c(O)cccc3F)nc21. The molecule has 2 fully saturated rings. The maximum Gasteiger partial charge on any atom is 0.410 e. The van der Waals surface area contributed by atoms with Gasteiger partial charge in [0.15, 0.2) is 22.9 Å². The lowest BCUT2D eigenvalue weighted by atomic mass is 10.0. The zero-order chi connectivity index (χ0) is 58.5. The lowest BCUT2D eigenvalue weighted by molar-refractivity contribution is 0.0218. The van der Waals surface area contributed by atoms with E-state index in [2.05, 4.69) is 35.2 Å². The minimum atomic E-state index is -0.904. The lowest BCUT2D eigenvalue weighted by Gasteiger charge is -2.41. The number of pyridine rings is 4. The second-order valence-electron chi connectivity index (χ2n) is 22.0. The van der Waals surface area contributed by atoms with Crippen LogP contribution in [0.25, 0.3) is 56.0 Å². The zero-order valence-corrected chi connectivity index (χ0v) is 46.9. The van der Waals surface area contributed by atoms with Crippen molar-refractivity contribution in [3.05, 3.63) is 140 Å². The van der Waals surface area contributed by atoms with Gasteiger partial charge in [0.2, 0.25) is 0 Å². The van der Waals surface area contributed by atoms with E-state index in [1.807, 2.05) is 65.2 Å². The molecular formula is C61H72F4N12O6. The van der Waals surface area contributed by atoms with Crippen LogP contribution < -0.4 is 26.5 Å². The highest BCUT2D eigenvalue weighted by atomic mass is 19.1. The number of phenols is 2. The highest BCUT2D eigenvalue weighted by Gasteiger charge is 2.34. The highest BCUT2D eigenvalue weighted by Crippen LogP contribution is 2.39. The average Bonchev–Trinajstić information content (AvgIpc) is 1.31. The van der Waals surface area contributed by atoms with Crippen LogP contribution in [0.1, 0.15) is 112 Å². The van der Waals surface area contributed by atoms with Gasteiger partial charge in [0.05, 0.1) is 44.7 Å². The van der Waals surface area contributed by atoms with Crippen LogP contribution in [0.15, 0.2) is 82.6 Å². The largest absolute Gasteiger partial charge is 0.507 e. The number of hydrogen-bond acceptors (Lipinski definition) is 15. The van der Waals surface area contributed by atoms with E-state index in [0.29, 0.717) is 59.2 Å². The van der Waals surface area contributed by atoms with Crippen molar-refractivity contribution in [2.45, 2.75) is 121 Å². The Hall–Kier alpha value is -8.53. The summed E-state index contributed by atoms with van der Waals surface area (Å²) in [5.74, 6) is -4.03. The molecule has 22 heteroatoms. The van der Waals surface area contributed by atoms with E-state index in [4.69, 9.17) is 4.74 Å². The monoisotopic (exact) mass is 1140 g/mol. The molecule has 0 radical (unpaired) electrons. The molecule has 440 valence electrons. The van der Waals surface area contributed by atoms with Crippen molar-refractivity contribution in [1.29, 1.82) is 0 Å². The van der Waals surface area contributed by atoms with E-state index in [1.165, 1.54) is 39.5 Å². The van der Waals surface area contributed by atoms with Gasteiger partial charge in [-0.05, 0) is 120 Å². The Morgan fingerprint density at radius 2 is 1.10 bits per heavy atom. The molecule has 8 heterocycles. The Labute approximate surface area is 479 Å². The molecule has 2 aliphatic heterocycles. The summed E-state index contributed by atoms with van der Waals surface area (Å²) in [6.07, 6.45) is 2.86. The second-order valence-corrected chi connectivity index (χ2v) is 22.0. The molecule has 0 bridgehead atoms. The number of anilines is 2. The van der Waals surface area contributed by atoms with Crippen LogP contribution in [-0.4, -0.2) is 117 Å². The molecule has 2 aliphatic rings. The fourth-order valence-corrected chi connectivity index (χ4v) is 10.4. The summed E-state index contributed by atoms with van der Waals surface area (Å²) in [6, 6.07) is 12.9. The number of nitrogens with one attached hydrogen (secondary N) is 1. The molecular weight excluding hydrogens is 1070 g/mol. The first kappa shape index (κ1) is 62.1. The summed E-state index contributed by atoms with van der Waals surface area (Å²) in [4.78, 5) is 72.7. The van der Waals surface area contributed by atoms with Gasteiger partial charge in [0.25, 0.3) is 0 Å². The fraction of sp³-hybridized carbons (Fsp3) is 0.393. The maximum atomic E-state index is 15.9. The zero-order valence-electron chi connectivity index (χ0n) is 46.9. The number of nitrogens with zero attached hydrogens (tertiary/aromatic N) is 11. The van der Waals surface area contributed by atoms with Gasteiger partial charge in [0, 0.05) is 63.7 Å². The summed E-state index contributed by atoms with van der Waals surface area (Å²) >= 11 is 0. The number of aryl methyl sites for hydroxylation is 2. The number of benzene rings is 2. The number of hydrogen-bond donors (Lipinski definition) is 3. The Morgan fingerprint density at radius 3 is 1.49 bits per heavy atom. The third kappa shape index (κ3) is 12.1. The van der Waals surface area contributed by atoms with Crippen LogP contribution in [-0.2, 0) is 4.74 Å². The summed E-state index contributed by atoms with van der Waals surface area (Å²) in [6.45, 7) is 23.4. The van der Waals surface area contributed by atoms with Crippen LogP contribution in [0, 0.1) is 37.1 Å². The number of ether oxygens (including phenoxy) is 1. The molecule has 0 aliphatic carbocycles. The van der Waals surface area contributed by atoms with Crippen molar-refractivity contribution in [2.24, 2.45) is 0 Å². The third-order valence-electron chi connectivity index (χ3n) is 14.2. The predicted molar refractivity (Wildman–Crippen MR) is 315 cm³/mol. The quantitative estimate of drug-likeness (QED) is 0.121. The molecule has 2 atom stereocenters. The van der Waals surface area contributed by atoms with Gasteiger partial charge >= 0.3 is 17.5 Å². The minimum absolute atomic E-state index is 0. The third-order valence-corrected chi connectivity index (χ3v) is 14.2. The molecule has 3 N–H and O–H groups in total. The number of rotatable bonds is 8. The average molecular weight is 1150 g/mol. The Kier molecular flexibility index (Phi) is 18.3. The van der Waals surface area contributed by atoms with Crippen molar-refractivity contribution in [3.8, 4) is 45.4 Å². The Morgan fingerprint density at radius 1 is 0.651 bits per heavy atom. The molecule has 2 aromatic carbocycles. The summed E-state index contributed by atoms with van der Waals surface area (Å²) < 4.78 is 69.4. The van der Waals surface area contributed by atoms with Crippen molar-refractivity contribution in [2.75, 3.05) is 49.1 Å². The van der Waals surface area contributed by atoms with E-state index in [-0.39, 0.29) is 86.5 Å². The Balaban J connectivity index is 0.000000236. The first-order valence-corrected chi connectivity index (χ1v) is 26.7.